The average Bonchev–Trinajstić information content (AvgIpc) is 3.55. The summed E-state index contributed by atoms with van der Waals surface area (Å²) in [5.74, 6) is -0.404. The van der Waals surface area contributed by atoms with Gasteiger partial charge in [0.15, 0.2) is 16.7 Å². The van der Waals surface area contributed by atoms with Gasteiger partial charge in [-0.15, -0.1) is 0 Å². The number of amidine groups is 1. The molecule has 1 saturated carbocycles. The van der Waals surface area contributed by atoms with Crippen molar-refractivity contribution in [3.05, 3.63) is 58.7 Å². The summed E-state index contributed by atoms with van der Waals surface area (Å²) in [6.07, 6.45) is 5.32. The Balaban J connectivity index is 0.00000126. The molecule has 3 atom stereocenters. The Morgan fingerprint density at radius 2 is 2.09 bits per heavy atom. The number of thioether (sulfide) groups is 1. The van der Waals surface area contributed by atoms with Crippen LogP contribution >= 0.6 is 11.8 Å². The van der Waals surface area contributed by atoms with Crippen LogP contribution in [0.25, 0.3) is 11.9 Å². The first kappa shape index (κ1) is 22.9. The third-order valence-corrected chi connectivity index (χ3v) is 7.51. The van der Waals surface area contributed by atoms with Crippen molar-refractivity contribution < 1.29 is 9.18 Å². The van der Waals surface area contributed by atoms with Crippen LogP contribution in [-0.4, -0.2) is 44.8 Å². The minimum Gasteiger partial charge on any atom is -0.378 e. The van der Waals surface area contributed by atoms with Gasteiger partial charge in [0.25, 0.3) is 0 Å². The van der Waals surface area contributed by atoms with Crippen molar-refractivity contribution in [3.63, 3.8) is 0 Å². The zero-order chi connectivity index (χ0) is 24.0. The van der Waals surface area contributed by atoms with Crippen molar-refractivity contribution in [1.82, 2.24) is 14.9 Å². The van der Waals surface area contributed by atoms with E-state index in [1.165, 1.54) is 30.2 Å². The number of fused-ring (bicyclic) bond motifs is 4. The Hall–Kier alpha value is -3.25. The Labute approximate surface area is 196 Å². The van der Waals surface area contributed by atoms with Crippen molar-refractivity contribution in [2.75, 3.05) is 14.1 Å². The molecule has 1 aliphatic heterocycles. The molecule has 1 aromatic heterocycles. The van der Waals surface area contributed by atoms with Crippen molar-refractivity contribution in [2.45, 2.75) is 37.0 Å². The average molecular weight is 465 g/mol. The number of halogens is 1. The standard InChI is InChI=1S/C22H19FN6OS.C2H6/c1-29(2)19(30)22-8-18(22)21(28-20(25)31-22)7-13-4-3-12(5-15(13)21)6-16(23)17-11-26-14(9-24)10-27-17;1-2/h3-6,10-11,18H,7-8H2,1-2H3,(H2,25,28);1-2H3/b16-6-;/t18-,21+,22?;/m0./s1. The first-order valence-electron chi connectivity index (χ1n) is 10.8. The molecule has 2 aromatic rings. The molecule has 9 heteroatoms. The molecule has 1 amide bonds. The summed E-state index contributed by atoms with van der Waals surface area (Å²) in [5, 5.41) is 9.23. The van der Waals surface area contributed by atoms with E-state index in [9.17, 15) is 9.18 Å². The lowest BCUT2D eigenvalue weighted by Gasteiger charge is -2.45. The Morgan fingerprint density at radius 3 is 2.73 bits per heavy atom. The third-order valence-electron chi connectivity index (χ3n) is 6.22. The number of carbonyl (C=O) groups excluding carboxylic acids is 1. The van der Waals surface area contributed by atoms with E-state index < -0.39 is 16.1 Å². The Morgan fingerprint density at radius 1 is 1.33 bits per heavy atom. The van der Waals surface area contributed by atoms with Gasteiger partial charge in [0.1, 0.15) is 16.5 Å². The van der Waals surface area contributed by atoms with E-state index in [0.717, 1.165) is 24.0 Å². The summed E-state index contributed by atoms with van der Waals surface area (Å²) in [7, 11) is 3.52. The van der Waals surface area contributed by atoms with Gasteiger partial charge in [0, 0.05) is 26.4 Å². The number of benzene rings is 1. The van der Waals surface area contributed by atoms with E-state index in [1.54, 1.807) is 19.0 Å². The number of amides is 1. The monoisotopic (exact) mass is 464 g/mol. The van der Waals surface area contributed by atoms with Crippen LogP contribution in [-0.2, 0) is 16.8 Å². The Kier molecular flexibility index (Phi) is 5.74. The van der Waals surface area contributed by atoms with Crippen LogP contribution in [0.4, 0.5) is 4.39 Å². The van der Waals surface area contributed by atoms with Gasteiger partial charge < -0.3 is 10.6 Å². The van der Waals surface area contributed by atoms with Crippen LogP contribution in [0.1, 0.15) is 48.3 Å². The lowest BCUT2D eigenvalue weighted by Crippen LogP contribution is -2.49. The van der Waals surface area contributed by atoms with E-state index >= 15 is 0 Å². The normalized spacial score (nSPS) is 26.5. The van der Waals surface area contributed by atoms with Crippen molar-refractivity contribution in [1.29, 1.82) is 5.26 Å². The summed E-state index contributed by atoms with van der Waals surface area (Å²) in [6.45, 7) is 4.00. The van der Waals surface area contributed by atoms with E-state index in [2.05, 4.69) is 9.97 Å². The topological polar surface area (TPSA) is 108 Å². The predicted molar refractivity (Wildman–Crippen MR) is 128 cm³/mol. The lowest BCUT2D eigenvalue weighted by molar-refractivity contribution is -0.129. The maximum Gasteiger partial charge on any atom is 0.239 e. The SMILES string of the molecule is CC.CN(C)C(=O)C12C[C@H]1[C@]1(Cc3ccc(/C=C(\F)c4cnc(C#N)cn4)cc31)N=C(N)S2. The van der Waals surface area contributed by atoms with Crippen molar-refractivity contribution in [3.8, 4) is 6.07 Å². The fraction of sp³-hybridized carbons (Fsp3) is 0.375. The number of nitrogens with two attached hydrogens (primary N) is 1. The first-order chi connectivity index (χ1) is 15.8. The molecule has 3 aliphatic rings. The van der Waals surface area contributed by atoms with Crippen LogP contribution in [0, 0.1) is 17.2 Å². The van der Waals surface area contributed by atoms with Gasteiger partial charge >= 0.3 is 0 Å². The molecule has 1 aromatic carbocycles. The van der Waals surface area contributed by atoms with Gasteiger partial charge in [0.2, 0.25) is 5.91 Å². The molecule has 1 fully saturated rings. The second-order valence-corrected chi connectivity index (χ2v) is 9.66. The molecule has 1 spiro atoms. The molecule has 5 rings (SSSR count). The van der Waals surface area contributed by atoms with Gasteiger partial charge in [-0.05, 0) is 35.3 Å². The van der Waals surface area contributed by atoms with Crippen LogP contribution in [0.2, 0.25) is 0 Å². The number of nitriles is 1. The smallest absolute Gasteiger partial charge is 0.239 e. The van der Waals surface area contributed by atoms with E-state index in [1.807, 2.05) is 38.1 Å². The fourth-order valence-corrected chi connectivity index (χ4v) is 6.15. The molecule has 1 unspecified atom stereocenters. The summed E-state index contributed by atoms with van der Waals surface area (Å²) < 4.78 is 14.2. The summed E-state index contributed by atoms with van der Waals surface area (Å²) in [4.78, 5) is 27.1. The maximum absolute atomic E-state index is 14.7. The van der Waals surface area contributed by atoms with Crippen LogP contribution in [0.15, 0.2) is 35.6 Å². The van der Waals surface area contributed by atoms with E-state index in [0.29, 0.717) is 10.7 Å². The quantitative estimate of drug-likeness (QED) is 0.745. The summed E-state index contributed by atoms with van der Waals surface area (Å²) >= 11 is 1.37. The van der Waals surface area contributed by atoms with Gasteiger partial charge in [-0.1, -0.05) is 37.7 Å². The molecule has 0 bridgehead atoms. The third kappa shape index (κ3) is 3.59. The molecule has 2 aliphatic carbocycles. The first-order valence-corrected chi connectivity index (χ1v) is 11.6. The number of nitrogens with zero attached hydrogens (tertiary/aromatic N) is 5. The maximum atomic E-state index is 14.7. The molecular weight excluding hydrogens is 439 g/mol. The van der Waals surface area contributed by atoms with Gasteiger partial charge in [-0.2, -0.15) is 5.26 Å². The molecule has 2 N–H and O–H groups in total. The molecule has 170 valence electrons. The largest absolute Gasteiger partial charge is 0.378 e. The Bertz CT molecular complexity index is 1220. The van der Waals surface area contributed by atoms with Crippen LogP contribution < -0.4 is 5.73 Å². The van der Waals surface area contributed by atoms with Gasteiger partial charge in [-0.25, -0.2) is 14.4 Å². The lowest BCUT2D eigenvalue weighted by atomic mass is 9.66. The van der Waals surface area contributed by atoms with E-state index in [4.69, 9.17) is 16.0 Å². The molecule has 2 heterocycles. The van der Waals surface area contributed by atoms with Crippen molar-refractivity contribution in [2.24, 2.45) is 16.6 Å². The molecule has 0 radical (unpaired) electrons. The minimum atomic E-state index is -0.553. The predicted octanol–water partition coefficient (Wildman–Crippen LogP) is 3.50. The summed E-state index contributed by atoms with van der Waals surface area (Å²) in [6, 6.07) is 7.59. The number of hydrogen-bond donors (Lipinski definition) is 1. The molecule has 0 saturated heterocycles. The highest BCUT2D eigenvalue weighted by Gasteiger charge is 2.73. The molecule has 7 nitrogen and oxygen atoms in total. The highest BCUT2D eigenvalue weighted by molar-refractivity contribution is 8.15. The van der Waals surface area contributed by atoms with Crippen LogP contribution in [0.3, 0.4) is 0 Å². The van der Waals surface area contributed by atoms with E-state index in [-0.39, 0.29) is 23.2 Å². The molecule has 33 heavy (non-hydrogen) atoms. The highest BCUT2D eigenvalue weighted by atomic mass is 32.2. The second kappa shape index (κ2) is 8.27. The fourth-order valence-electron chi connectivity index (χ4n) is 4.71. The number of carbonyl (C=O) groups is 1. The number of aromatic nitrogens is 2. The van der Waals surface area contributed by atoms with Gasteiger partial charge in [-0.3, -0.25) is 9.79 Å². The van der Waals surface area contributed by atoms with Crippen LogP contribution in [0.5, 0.6) is 0 Å². The van der Waals surface area contributed by atoms with Gasteiger partial charge in [0.05, 0.1) is 17.9 Å². The zero-order valence-electron chi connectivity index (χ0n) is 19.0. The van der Waals surface area contributed by atoms with Crippen molar-refractivity contribution >= 4 is 34.7 Å². The number of aliphatic imine (C=N–C) groups is 1. The zero-order valence-corrected chi connectivity index (χ0v) is 19.8. The second-order valence-electron chi connectivity index (χ2n) is 8.31. The summed E-state index contributed by atoms with van der Waals surface area (Å²) in [5.41, 5.74) is 8.64. The minimum absolute atomic E-state index is 0.0607. The molecular formula is C24H25FN6OS. The number of rotatable bonds is 3. The number of hydrogen-bond acceptors (Lipinski definition) is 7. The highest BCUT2D eigenvalue weighted by Crippen LogP contribution is 2.69.